The van der Waals surface area contributed by atoms with Gasteiger partial charge in [0.2, 0.25) is 0 Å². The first-order valence-electron chi connectivity index (χ1n) is 4.69. The zero-order valence-corrected chi connectivity index (χ0v) is 12.1. The van der Waals surface area contributed by atoms with Gasteiger partial charge in [-0.25, -0.2) is 13.1 Å². The quantitative estimate of drug-likeness (QED) is 0.925. The van der Waals surface area contributed by atoms with Crippen LogP contribution in [0.2, 0.25) is 0 Å². The van der Waals surface area contributed by atoms with E-state index >= 15 is 0 Å². The van der Waals surface area contributed by atoms with Crippen molar-refractivity contribution in [1.82, 2.24) is 14.5 Å². The van der Waals surface area contributed by atoms with Crippen LogP contribution in [-0.2, 0) is 23.6 Å². The second kappa shape index (κ2) is 4.89. The Morgan fingerprint density at radius 2 is 2.35 bits per heavy atom. The largest absolute Gasteiger partial charge is 0.258 e. The lowest BCUT2D eigenvalue weighted by molar-refractivity contribution is 0.563. The van der Waals surface area contributed by atoms with E-state index in [1.807, 2.05) is 11.4 Å². The molecule has 1 N–H and O–H groups in total. The van der Waals surface area contributed by atoms with Crippen molar-refractivity contribution < 1.29 is 8.42 Å². The third-order valence-electron chi connectivity index (χ3n) is 2.11. The summed E-state index contributed by atoms with van der Waals surface area (Å²) in [7, 11) is -1.90. The van der Waals surface area contributed by atoms with E-state index < -0.39 is 10.0 Å². The Kier molecular flexibility index (Phi) is 3.67. The van der Waals surface area contributed by atoms with Crippen molar-refractivity contribution in [2.45, 2.75) is 11.6 Å². The summed E-state index contributed by atoms with van der Waals surface area (Å²) in [4.78, 5) is 0.947. The van der Waals surface area contributed by atoms with Crippen LogP contribution in [0.15, 0.2) is 33.2 Å². The van der Waals surface area contributed by atoms with Crippen LogP contribution in [0.3, 0.4) is 0 Å². The maximum Gasteiger partial charge on any atom is 0.258 e. The maximum atomic E-state index is 11.9. The number of nitrogens with one attached hydrogen (secondary N) is 1. The topological polar surface area (TPSA) is 64.0 Å². The minimum absolute atomic E-state index is 0.160. The molecule has 0 aliphatic rings. The fourth-order valence-electron chi connectivity index (χ4n) is 1.31. The summed E-state index contributed by atoms with van der Waals surface area (Å²) in [5.41, 5.74) is 0. The Hall–Kier alpha value is -0.700. The van der Waals surface area contributed by atoms with Crippen LogP contribution in [0.5, 0.6) is 0 Å². The van der Waals surface area contributed by atoms with Gasteiger partial charge in [0.05, 0.1) is 6.20 Å². The molecule has 2 rings (SSSR count). The molecule has 0 saturated heterocycles. The van der Waals surface area contributed by atoms with E-state index in [9.17, 15) is 8.42 Å². The van der Waals surface area contributed by atoms with Crippen molar-refractivity contribution in [2.24, 2.45) is 7.05 Å². The Balaban J connectivity index is 2.11. The van der Waals surface area contributed by atoms with Crippen LogP contribution in [-0.4, -0.2) is 18.2 Å². The molecule has 2 aromatic rings. The predicted octanol–water partition coefficient (Wildman–Crippen LogP) is 1.72. The molecule has 2 aromatic heterocycles. The summed E-state index contributed by atoms with van der Waals surface area (Å²) in [5.74, 6) is 0. The number of hydrogen-bond donors (Lipinski definition) is 1. The number of thiophene rings is 1. The van der Waals surface area contributed by atoms with Crippen molar-refractivity contribution >= 4 is 37.3 Å². The lowest BCUT2D eigenvalue weighted by Gasteiger charge is -2.05. The van der Waals surface area contributed by atoms with Gasteiger partial charge < -0.3 is 0 Å². The molecule has 0 radical (unpaired) electrons. The highest BCUT2D eigenvalue weighted by Gasteiger charge is 2.17. The van der Waals surface area contributed by atoms with Gasteiger partial charge in [0.1, 0.15) is 0 Å². The number of sulfonamides is 1. The lowest BCUT2D eigenvalue weighted by atomic mass is 10.5. The molecule has 0 fully saturated rings. The molecule has 0 unspecified atom stereocenters. The van der Waals surface area contributed by atoms with Gasteiger partial charge in [0, 0.05) is 28.3 Å². The van der Waals surface area contributed by atoms with Gasteiger partial charge in [0.15, 0.2) is 5.03 Å². The summed E-state index contributed by atoms with van der Waals surface area (Å²) >= 11 is 4.82. The Labute approximate surface area is 112 Å². The number of hydrogen-bond acceptors (Lipinski definition) is 4. The average Bonchev–Trinajstić information content (AvgIpc) is 2.85. The van der Waals surface area contributed by atoms with Gasteiger partial charge in [-0.15, -0.1) is 11.3 Å². The highest BCUT2D eigenvalue weighted by atomic mass is 79.9. The van der Waals surface area contributed by atoms with E-state index in [2.05, 4.69) is 25.8 Å². The lowest BCUT2D eigenvalue weighted by Crippen LogP contribution is -2.24. The molecule has 8 heteroatoms. The second-order valence-electron chi connectivity index (χ2n) is 3.35. The summed E-state index contributed by atoms with van der Waals surface area (Å²) in [6, 6.07) is 3.35. The van der Waals surface area contributed by atoms with Crippen molar-refractivity contribution in [2.75, 3.05) is 0 Å². The zero-order chi connectivity index (χ0) is 12.5. The van der Waals surface area contributed by atoms with Crippen molar-refractivity contribution in [3.63, 3.8) is 0 Å². The molecule has 0 spiro atoms. The van der Waals surface area contributed by atoms with E-state index in [0.717, 1.165) is 9.35 Å². The van der Waals surface area contributed by atoms with E-state index in [4.69, 9.17) is 0 Å². The summed E-state index contributed by atoms with van der Waals surface area (Å²) < 4.78 is 28.6. The van der Waals surface area contributed by atoms with Crippen LogP contribution in [0.4, 0.5) is 0 Å². The monoisotopic (exact) mass is 335 g/mol. The van der Waals surface area contributed by atoms with E-state index in [0.29, 0.717) is 0 Å². The summed E-state index contributed by atoms with van der Waals surface area (Å²) in [6.07, 6.45) is 1.45. The first-order chi connectivity index (χ1) is 7.99. The molecular weight excluding hydrogens is 326 g/mol. The highest BCUT2D eigenvalue weighted by molar-refractivity contribution is 9.10. The molecule has 0 atom stereocenters. The Bertz CT molecular complexity index is 618. The van der Waals surface area contributed by atoms with Crippen molar-refractivity contribution in [3.8, 4) is 0 Å². The number of nitrogens with zero attached hydrogens (tertiary/aromatic N) is 2. The molecule has 0 aliphatic carbocycles. The van der Waals surface area contributed by atoms with E-state index in [1.54, 1.807) is 7.05 Å². The minimum Gasteiger partial charge on any atom is -0.256 e. The van der Waals surface area contributed by atoms with Crippen LogP contribution in [0, 0.1) is 0 Å². The summed E-state index contributed by atoms with van der Waals surface area (Å²) in [6.45, 7) is 0.282. The zero-order valence-electron chi connectivity index (χ0n) is 8.92. The van der Waals surface area contributed by atoms with Gasteiger partial charge >= 0.3 is 0 Å². The normalized spacial score (nSPS) is 11.9. The van der Waals surface area contributed by atoms with Gasteiger partial charge in [-0.05, 0) is 28.1 Å². The molecular formula is C9H10BrN3O2S2. The van der Waals surface area contributed by atoms with Crippen LogP contribution in [0.1, 0.15) is 4.88 Å². The van der Waals surface area contributed by atoms with Crippen LogP contribution < -0.4 is 4.72 Å². The fraction of sp³-hybridized carbons (Fsp3) is 0.222. The number of aryl methyl sites for hydroxylation is 1. The smallest absolute Gasteiger partial charge is 0.256 e. The molecule has 5 nitrogen and oxygen atoms in total. The molecule has 0 bridgehead atoms. The maximum absolute atomic E-state index is 11.9. The van der Waals surface area contributed by atoms with Gasteiger partial charge in [-0.2, -0.15) is 5.10 Å². The van der Waals surface area contributed by atoms with Gasteiger partial charge in [-0.3, -0.25) is 4.68 Å². The van der Waals surface area contributed by atoms with Gasteiger partial charge in [0.25, 0.3) is 10.0 Å². The van der Waals surface area contributed by atoms with Crippen LogP contribution >= 0.6 is 27.3 Å². The first kappa shape index (κ1) is 12.7. The van der Waals surface area contributed by atoms with Crippen molar-refractivity contribution in [3.05, 3.63) is 33.1 Å². The molecule has 0 amide bonds. The second-order valence-corrected chi connectivity index (χ2v) is 6.97. The van der Waals surface area contributed by atoms with Crippen molar-refractivity contribution in [1.29, 1.82) is 0 Å². The minimum atomic E-state index is -3.49. The predicted molar refractivity (Wildman–Crippen MR) is 69.3 cm³/mol. The Morgan fingerprint density at radius 1 is 1.59 bits per heavy atom. The third kappa shape index (κ3) is 2.95. The number of halogens is 1. The van der Waals surface area contributed by atoms with Gasteiger partial charge in [-0.1, -0.05) is 0 Å². The standard InChI is InChI=1S/C9H10BrN3O2S2/c1-13-9(2-3-11-13)17(14,15)12-5-8-4-7(10)6-16-8/h2-4,6,12H,5H2,1H3. The first-order valence-corrected chi connectivity index (χ1v) is 7.85. The highest BCUT2D eigenvalue weighted by Crippen LogP contribution is 2.20. The molecule has 17 heavy (non-hydrogen) atoms. The molecule has 0 aromatic carbocycles. The number of rotatable bonds is 4. The fourth-order valence-corrected chi connectivity index (χ4v) is 3.92. The molecule has 0 saturated carbocycles. The summed E-state index contributed by atoms with van der Waals surface area (Å²) in [5, 5.41) is 5.91. The molecule has 2 heterocycles. The third-order valence-corrected chi connectivity index (χ3v) is 5.28. The Morgan fingerprint density at radius 3 is 2.88 bits per heavy atom. The average molecular weight is 336 g/mol. The van der Waals surface area contributed by atoms with E-state index in [1.165, 1.54) is 28.3 Å². The SMILES string of the molecule is Cn1nccc1S(=O)(=O)NCc1cc(Br)cs1. The van der Waals surface area contributed by atoms with E-state index in [-0.39, 0.29) is 11.6 Å². The van der Waals surface area contributed by atoms with Crippen LogP contribution in [0.25, 0.3) is 0 Å². The molecule has 0 aliphatic heterocycles. The molecule has 92 valence electrons. The number of aromatic nitrogens is 2.